The van der Waals surface area contributed by atoms with E-state index in [1.54, 1.807) is 0 Å². The molecule has 0 aromatic heterocycles. The van der Waals surface area contributed by atoms with E-state index in [2.05, 4.69) is 5.32 Å². The van der Waals surface area contributed by atoms with Crippen LogP contribution in [0.5, 0.6) is 0 Å². The highest BCUT2D eigenvalue weighted by molar-refractivity contribution is 5.81. The van der Waals surface area contributed by atoms with Gasteiger partial charge in [-0.25, -0.2) is 9.59 Å². The van der Waals surface area contributed by atoms with Crippen molar-refractivity contribution in [3.63, 3.8) is 0 Å². The molecule has 25 heavy (non-hydrogen) atoms. The van der Waals surface area contributed by atoms with E-state index in [4.69, 9.17) is 9.47 Å². The number of carbonyl (C=O) groups is 2. The molecule has 0 heterocycles. The molecule has 1 rings (SSSR count). The Labute approximate surface area is 151 Å². The Morgan fingerprint density at radius 2 is 1.44 bits per heavy atom. The minimum atomic E-state index is -0.780. The third-order valence-electron chi connectivity index (χ3n) is 3.14. The molecule has 0 aliphatic carbocycles. The first kappa shape index (κ1) is 21.0. The molecule has 5 nitrogen and oxygen atoms in total. The van der Waals surface area contributed by atoms with Gasteiger partial charge < -0.3 is 14.8 Å². The van der Waals surface area contributed by atoms with Crippen molar-refractivity contribution in [2.75, 3.05) is 13.2 Å². The fraction of sp³-hybridized carbons (Fsp3) is 0.600. The lowest BCUT2D eigenvalue weighted by Gasteiger charge is -2.23. The second kappa shape index (κ2) is 8.88. The van der Waals surface area contributed by atoms with Crippen LogP contribution in [0, 0.1) is 10.8 Å². The van der Waals surface area contributed by atoms with Gasteiger partial charge in [0.1, 0.15) is 6.04 Å². The van der Waals surface area contributed by atoms with E-state index < -0.39 is 18.1 Å². The van der Waals surface area contributed by atoms with Gasteiger partial charge in [0.25, 0.3) is 0 Å². The minimum absolute atomic E-state index is 0.139. The summed E-state index contributed by atoms with van der Waals surface area (Å²) in [6.07, 6.45) is -0.252. The predicted octanol–water partition coefficient (Wildman–Crippen LogP) is 3.96. The van der Waals surface area contributed by atoms with Gasteiger partial charge in [-0.1, -0.05) is 71.9 Å². The lowest BCUT2D eigenvalue weighted by molar-refractivity contribution is -0.148. The monoisotopic (exact) mass is 349 g/mol. The van der Waals surface area contributed by atoms with Crippen LogP contribution in [0.15, 0.2) is 30.3 Å². The fourth-order valence-corrected chi connectivity index (χ4v) is 1.90. The van der Waals surface area contributed by atoms with Crippen LogP contribution in [0.4, 0.5) is 4.79 Å². The van der Waals surface area contributed by atoms with Gasteiger partial charge in [-0.3, -0.25) is 0 Å². The molecule has 1 N–H and O–H groups in total. The van der Waals surface area contributed by atoms with Gasteiger partial charge in [-0.2, -0.15) is 0 Å². The van der Waals surface area contributed by atoms with Crippen molar-refractivity contribution < 1.29 is 19.1 Å². The first-order valence-corrected chi connectivity index (χ1v) is 8.60. The molecule has 1 unspecified atom stereocenters. The molecule has 1 amide bonds. The summed E-state index contributed by atoms with van der Waals surface area (Å²) in [6.45, 7) is 12.4. The van der Waals surface area contributed by atoms with Crippen LogP contribution in [-0.2, 0) is 20.7 Å². The fourth-order valence-electron chi connectivity index (χ4n) is 1.90. The molecule has 140 valence electrons. The van der Waals surface area contributed by atoms with Gasteiger partial charge >= 0.3 is 12.1 Å². The van der Waals surface area contributed by atoms with Crippen LogP contribution in [0.25, 0.3) is 0 Å². The first-order chi connectivity index (χ1) is 11.5. The zero-order valence-corrected chi connectivity index (χ0v) is 16.2. The third-order valence-corrected chi connectivity index (χ3v) is 3.14. The highest BCUT2D eigenvalue weighted by Gasteiger charge is 2.26. The highest BCUT2D eigenvalue weighted by Crippen LogP contribution is 2.15. The molecule has 0 saturated heterocycles. The van der Waals surface area contributed by atoms with Crippen molar-refractivity contribution in [2.24, 2.45) is 10.8 Å². The van der Waals surface area contributed by atoms with Gasteiger partial charge in [0.05, 0.1) is 13.2 Å². The maximum Gasteiger partial charge on any atom is 0.407 e. The quantitative estimate of drug-likeness (QED) is 0.790. The van der Waals surface area contributed by atoms with Crippen LogP contribution in [0.3, 0.4) is 0 Å². The van der Waals surface area contributed by atoms with Crippen molar-refractivity contribution in [3.05, 3.63) is 35.9 Å². The van der Waals surface area contributed by atoms with Crippen LogP contribution >= 0.6 is 0 Å². The summed E-state index contributed by atoms with van der Waals surface area (Å²) in [5, 5.41) is 2.64. The van der Waals surface area contributed by atoms with Crippen molar-refractivity contribution in [1.29, 1.82) is 0 Å². The standard InChI is InChI=1S/C20H31NO4/c1-19(2,3)13-24-17(22)16(12-15-10-8-7-9-11-15)21-18(23)25-14-20(4,5)6/h7-11,16H,12-14H2,1-6H3,(H,21,23). The SMILES string of the molecule is CC(C)(C)COC(=O)NC(Cc1ccccc1)C(=O)OCC(C)(C)C. The molecular weight excluding hydrogens is 318 g/mol. The number of alkyl carbamates (subject to hydrolysis) is 1. The van der Waals surface area contributed by atoms with Crippen LogP contribution in [-0.4, -0.2) is 31.3 Å². The van der Waals surface area contributed by atoms with Crippen molar-refractivity contribution in [3.8, 4) is 0 Å². The first-order valence-electron chi connectivity index (χ1n) is 8.60. The lowest BCUT2D eigenvalue weighted by atomic mass is 9.98. The maximum atomic E-state index is 12.4. The number of nitrogens with one attached hydrogen (secondary N) is 1. The molecule has 1 atom stereocenters. The van der Waals surface area contributed by atoms with Gasteiger partial charge in [-0.05, 0) is 16.4 Å². The van der Waals surface area contributed by atoms with E-state index in [1.807, 2.05) is 71.9 Å². The van der Waals surface area contributed by atoms with Crippen molar-refractivity contribution >= 4 is 12.1 Å². The minimum Gasteiger partial charge on any atom is -0.464 e. The predicted molar refractivity (Wildman–Crippen MR) is 98.3 cm³/mol. The molecule has 0 bridgehead atoms. The average molecular weight is 349 g/mol. The van der Waals surface area contributed by atoms with Crippen LogP contribution < -0.4 is 5.32 Å². The Hall–Kier alpha value is -2.04. The van der Waals surface area contributed by atoms with E-state index in [-0.39, 0.29) is 24.0 Å². The third kappa shape index (κ3) is 9.75. The number of ether oxygens (including phenoxy) is 2. The summed E-state index contributed by atoms with van der Waals surface area (Å²) in [5.41, 5.74) is 0.662. The van der Waals surface area contributed by atoms with Gasteiger partial charge in [0.15, 0.2) is 0 Å². The summed E-state index contributed by atoms with van der Waals surface area (Å²) in [6, 6.07) is 8.73. The molecule has 1 aromatic rings. The zero-order chi connectivity index (χ0) is 19.1. The molecule has 0 aliphatic rings. The summed E-state index contributed by atoms with van der Waals surface area (Å²) in [7, 11) is 0. The Morgan fingerprint density at radius 1 is 0.920 bits per heavy atom. The molecule has 0 radical (unpaired) electrons. The second-order valence-electron chi connectivity index (χ2n) is 8.69. The molecule has 5 heteroatoms. The van der Waals surface area contributed by atoms with E-state index in [0.29, 0.717) is 6.42 Å². The smallest absolute Gasteiger partial charge is 0.407 e. The Balaban J connectivity index is 2.73. The van der Waals surface area contributed by atoms with E-state index >= 15 is 0 Å². The molecular formula is C20H31NO4. The van der Waals surface area contributed by atoms with Crippen molar-refractivity contribution in [1.82, 2.24) is 5.32 Å². The zero-order valence-electron chi connectivity index (χ0n) is 16.2. The second-order valence-corrected chi connectivity index (χ2v) is 8.69. The van der Waals surface area contributed by atoms with E-state index in [0.717, 1.165) is 5.56 Å². The van der Waals surface area contributed by atoms with Gasteiger partial charge in [0.2, 0.25) is 0 Å². The largest absolute Gasteiger partial charge is 0.464 e. The number of amides is 1. The van der Waals surface area contributed by atoms with Crippen LogP contribution in [0.2, 0.25) is 0 Å². The number of esters is 1. The summed E-state index contributed by atoms with van der Waals surface area (Å²) in [4.78, 5) is 24.5. The van der Waals surface area contributed by atoms with Gasteiger partial charge in [-0.15, -0.1) is 0 Å². The lowest BCUT2D eigenvalue weighted by Crippen LogP contribution is -2.44. The van der Waals surface area contributed by atoms with E-state index in [9.17, 15) is 9.59 Å². The Kier molecular flexibility index (Phi) is 7.46. The van der Waals surface area contributed by atoms with Crippen molar-refractivity contribution in [2.45, 2.75) is 54.0 Å². The molecule has 1 aromatic carbocycles. The number of hydrogen-bond acceptors (Lipinski definition) is 4. The summed E-state index contributed by atoms with van der Waals surface area (Å²) >= 11 is 0. The van der Waals surface area contributed by atoms with Crippen LogP contribution in [0.1, 0.15) is 47.1 Å². The number of carbonyl (C=O) groups excluding carboxylic acids is 2. The summed E-state index contributed by atoms with van der Waals surface area (Å²) in [5.74, 6) is -0.452. The topological polar surface area (TPSA) is 64.6 Å². The molecule has 0 aliphatic heterocycles. The Morgan fingerprint density at radius 3 is 1.96 bits per heavy atom. The number of hydrogen-bond donors (Lipinski definition) is 1. The normalized spacial score (nSPS) is 13.0. The Bertz CT molecular complexity index is 555. The molecule has 0 saturated carbocycles. The van der Waals surface area contributed by atoms with Gasteiger partial charge in [0, 0.05) is 6.42 Å². The molecule has 0 spiro atoms. The van der Waals surface area contributed by atoms with E-state index in [1.165, 1.54) is 0 Å². The highest BCUT2D eigenvalue weighted by atomic mass is 16.6. The summed E-state index contributed by atoms with van der Waals surface area (Å²) < 4.78 is 10.6. The maximum absolute atomic E-state index is 12.4. The average Bonchev–Trinajstić information content (AvgIpc) is 2.49. The molecule has 0 fully saturated rings. The number of rotatable bonds is 6. The number of benzene rings is 1.